The van der Waals surface area contributed by atoms with Gasteiger partial charge in [0.2, 0.25) is 0 Å². The monoisotopic (exact) mass is 247 g/mol. The molecule has 0 spiro atoms. The Morgan fingerprint density at radius 1 is 1.22 bits per heavy atom. The average molecular weight is 247 g/mol. The summed E-state index contributed by atoms with van der Waals surface area (Å²) >= 11 is 0. The lowest BCUT2D eigenvalue weighted by atomic mass is 10.1. The first kappa shape index (κ1) is 12.9. The number of hydrogen-bond donors (Lipinski definition) is 0. The highest BCUT2D eigenvalue weighted by Gasteiger charge is 2.19. The predicted octanol–water partition coefficient (Wildman–Crippen LogP) is 1.97. The maximum absolute atomic E-state index is 4.47. The van der Waals surface area contributed by atoms with Crippen molar-refractivity contribution in [3.63, 3.8) is 0 Å². The summed E-state index contributed by atoms with van der Waals surface area (Å²) in [6, 6.07) is 4.30. The molecule has 0 fully saturated rings. The molecule has 0 saturated carbocycles. The number of aromatic nitrogens is 4. The van der Waals surface area contributed by atoms with Crippen LogP contribution >= 0.6 is 0 Å². The van der Waals surface area contributed by atoms with Gasteiger partial charge in [0.1, 0.15) is 0 Å². The van der Waals surface area contributed by atoms with E-state index in [0.29, 0.717) is 11.8 Å². The molecular weight excluding hydrogens is 224 g/mol. The zero-order chi connectivity index (χ0) is 13.3. The molecule has 1 atom stereocenters. The van der Waals surface area contributed by atoms with Gasteiger partial charge >= 0.3 is 0 Å². The molecule has 0 aromatic carbocycles. The highest BCUT2D eigenvalue weighted by molar-refractivity contribution is 5.04. The third kappa shape index (κ3) is 2.47. The van der Waals surface area contributed by atoms with Crippen molar-refractivity contribution in [2.45, 2.75) is 39.2 Å². The number of nitrogens with zero attached hydrogens (tertiary/aromatic N) is 4. The van der Waals surface area contributed by atoms with Crippen LogP contribution in [-0.2, 0) is 20.6 Å². The topological polar surface area (TPSA) is 26.6 Å². The first-order valence-corrected chi connectivity index (χ1v) is 6.54. The Labute approximate surface area is 109 Å². The van der Waals surface area contributed by atoms with Gasteiger partial charge in [-0.25, -0.2) is 0 Å². The van der Waals surface area contributed by atoms with E-state index in [9.17, 15) is 0 Å². The number of aryl methyl sites for hydroxylation is 1. The highest BCUT2D eigenvalue weighted by atomic mass is 15.4. The summed E-state index contributed by atoms with van der Waals surface area (Å²) in [7, 11) is 4.09. The van der Waals surface area contributed by atoms with E-state index in [2.05, 4.69) is 60.6 Å². The molecule has 0 amide bonds. The Bertz CT molecular complexity index is 522. The molecular formula is C14H23N4+. The molecule has 0 aliphatic carbocycles. The van der Waals surface area contributed by atoms with E-state index >= 15 is 0 Å². The molecule has 98 valence electrons. The van der Waals surface area contributed by atoms with E-state index in [0.717, 1.165) is 12.2 Å². The molecule has 4 heteroatoms. The van der Waals surface area contributed by atoms with Gasteiger partial charge in [0, 0.05) is 19.3 Å². The maximum Gasteiger partial charge on any atom is 0.195 e. The van der Waals surface area contributed by atoms with Crippen LogP contribution in [0.4, 0.5) is 0 Å². The normalized spacial score (nSPS) is 13.2. The van der Waals surface area contributed by atoms with Crippen molar-refractivity contribution in [1.82, 2.24) is 14.5 Å². The fraction of sp³-hybridized carbons (Fsp3) is 0.571. The summed E-state index contributed by atoms with van der Waals surface area (Å²) in [4.78, 5) is 0. The van der Waals surface area contributed by atoms with Crippen LogP contribution in [0.1, 0.15) is 44.0 Å². The Morgan fingerprint density at radius 3 is 2.44 bits per heavy atom. The quantitative estimate of drug-likeness (QED) is 0.759. The van der Waals surface area contributed by atoms with Gasteiger partial charge in [-0.05, 0) is 12.0 Å². The van der Waals surface area contributed by atoms with Crippen LogP contribution in [-0.4, -0.2) is 14.5 Å². The first-order valence-electron chi connectivity index (χ1n) is 6.54. The van der Waals surface area contributed by atoms with Crippen LogP contribution in [0.25, 0.3) is 0 Å². The second-order valence-electron chi connectivity index (χ2n) is 5.36. The van der Waals surface area contributed by atoms with Gasteiger partial charge in [-0.15, -0.1) is 4.68 Å². The van der Waals surface area contributed by atoms with Crippen LogP contribution < -0.4 is 4.68 Å². The van der Waals surface area contributed by atoms with Crippen LogP contribution in [0, 0.1) is 0 Å². The predicted molar refractivity (Wildman–Crippen MR) is 71.3 cm³/mol. The Kier molecular flexibility index (Phi) is 3.55. The Balaban J connectivity index is 2.14. The molecule has 0 N–H and O–H groups in total. The Hall–Kier alpha value is -1.58. The third-order valence-electron chi connectivity index (χ3n) is 3.47. The van der Waals surface area contributed by atoms with E-state index in [4.69, 9.17) is 0 Å². The van der Waals surface area contributed by atoms with Crippen molar-refractivity contribution >= 4 is 0 Å². The number of rotatable bonds is 4. The molecule has 2 aromatic rings. The number of hydrogen-bond acceptors (Lipinski definition) is 1. The zero-order valence-electron chi connectivity index (χ0n) is 12.0. The van der Waals surface area contributed by atoms with Crippen molar-refractivity contribution in [2.75, 3.05) is 0 Å². The summed E-state index contributed by atoms with van der Waals surface area (Å²) in [5.74, 6) is 0.978. The maximum atomic E-state index is 4.47. The second-order valence-corrected chi connectivity index (χ2v) is 5.36. The van der Waals surface area contributed by atoms with Crippen LogP contribution in [0.5, 0.6) is 0 Å². The Morgan fingerprint density at radius 2 is 1.94 bits per heavy atom. The minimum Gasteiger partial charge on any atom is -0.276 e. The van der Waals surface area contributed by atoms with Gasteiger partial charge in [-0.3, -0.25) is 4.68 Å². The van der Waals surface area contributed by atoms with Crippen LogP contribution in [0.2, 0.25) is 0 Å². The lowest BCUT2D eigenvalue weighted by molar-refractivity contribution is -0.775. The van der Waals surface area contributed by atoms with Crippen molar-refractivity contribution in [3.8, 4) is 0 Å². The molecule has 1 unspecified atom stereocenters. The standard InChI is InChI=1S/C14H23N4/c1-11(2)14-7-9-18(17(14)5)10-12(3)13-6-8-16(4)15-13/h6-9,11-12H,10H2,1-5H3/q+1. The highest BCUT2D eigenvalue weighted by Crippen LogP contribution is 2.14. The van der Waals surface area contributed by atoms with E-state index in [1.165, 1.54) is 5.69 Å². The SMILES string of the molecule is CC(C)c1cc[n+](CC(C)c2ccn(C)n2)n1C. The summed E-state index contributed by atoms with van der Waals surface area (Å²) in [6.07, 6.45) is 4.16. The van der Waals surface area contributed by atoms with E-state index in [1.54, 1.807) is 0 Å². The van der Waals surface area contributed by atoms with E-state index in [-0.39, 0.29) is 0 Å². The molecule has 4 nitrogen and oxygen atoms in total. The zero-order valence-corrected chi connectivity index (χ0v) is 12.0. The van der Waals surface area contributed by atoms with Crippen molar-refractivity contribution in [1.29, 1.82) is 0 Å². The van der Waals surface area contributed by atoms with Gasteiger partial charge in [0.05, 0.1) is 24.4 Å². The summed E-state index contributed by atoms with van der Waals surface area (Å²) in [6.45, 7) is 7.63. The second kappa shape index (κ2) is 4.96. The summed E-state index contributed by atoms with van der Waals surface area (Å²) in [5, 5.41) is 4.47. The molecule has 18 heavy (non-hydrogen) atoms. The van der Waals surface area contributed by atoms with Crippen LogP contribution in [0.15, 0.2) is 24.5 Å². The molecule has 0 aliphatic rings. The van der Waals surface area contributed by atoms with Crippen molar-refractivity contribution < 1.29 is 4.68 Å². The van der Waals surface area contributed by atoms with Gasteiger partial charge in [-0.2, -0.15) is 9.78 Å². The smallest absolute Gasteiger partial charge is 0.195 e. The molecule has 0 aliphatic heterocycles. The summed E-state index contributed by atoms with van der Waals surface area (Å²) in [5.41, 5.74) is 2.51. The fourth-order valence-electron chi connectivity index (χ4n) is 2.34. The van der Waals surface area contributed by atoms with Crippen molar-refractivity contribution in [3.05, 3.63) is 35.9 Å². The van der Waals surface area contributed by atoms with Gasteiger partial charge in [0.25, 0.3) is 0 Å². The average Bonchev–Trinajstić information content (AvgIpc) is 2.86. The molecule has 2 heterocycles. The largest absolute Gasteiger partial charge is 0.276 e. The molecule has 0 bridgehead atoms. The fourth-order valence-corrected chi connectivity index (χ4v) is 2.34. The van der Waals surface area contributed by atoms with E-state index < -0.39 is 0 Å². The van der Waals surface area contributed by atoms with Crippen LogP contribution in [0.3, 0.4) is 0 Å². The lowest BCUT2D eigenvalue weighted by Gasteiger charge is -2.07. The van der Waals surface area contributed by atoms with Gasteiger partial charge in [-0.1, -0.05) is 20.8 Å². The summed E-state index contributed by atoms with van der Waals surface area (Å²) < 4.78 is 6.36. The molecule has 2 rings (SSSR count). The minimum absolute atomic E-state index is 0.421. The third-order valence-corrected chi connectivity index (χ3v) is 3.47. The molecule has 0 radical (unpaired) electrons. The first-order chi connectivity index (χ1) is 8.49. The lowest BCUT2D eigenvalue weighted by Crippen LogP contribution is -2.44. The van der Waals surface area contributed by atoms with Gasteiger partial charge in [0.15, 0.2) is 12.7 Å². The van der Waals surface area contributed by atoms with E-state index in [1.807, 2.05) is 17.9 Å². The molecule has 2 aromatic heterocycles. The molecule has 0 saturated heterocycles. The minimum atomic E-state index is 0.421. The van der Waals surface area contributed by atoms with Gasteiger partial charge < -0.3 is 0 Å². The van der Waals surface area contributed by atoms with Crippen molar-refractivity contribution in [2.24, 2.45) is 14.1 Å².